The fraction of sp³-hybridized carbons (Fsp3) is 0.125. The van der Waals surface area contributed by atoms with Gasteiger partial charge in [-0.1, -0.05) is 0 Å². The van der Waals surface area contributed by atoms with Gasteiger partial charge in [0.25, 0.3) is 0 Å². The number of anilines is 1. The Morgan fingerprint density at radius 1 is 1.50 bits per heavy atom. The summed E-state index contributed by atoms with van der Waals surface area (Å²) < 4.78 is 2.34. The van der Waals surface area contributed by atoms with Crippen LogP contribution < -0.4 is 5.73 Å². The molecule has 0 spiro atoms. The maximum atomic E-state index is 5.82. The molecular formula is C8H8BrN5. The van der Waals surface area contributed by atoms with Crippen LogP contribution in [0.15, 0.2) is 22.8 Å². The van der Waals surface area contributed by atoms with E-state index in [4.69, 9.17) is 5.73 Å². The Balaban J connectivity index is 2.58. The molecule has 0 radical (unpaired) electrons. The van der Waals surface area contributed by atoms with Gasteiger partial charge in [0.15, 0.2) is 5.82 Å². The largest absolute Gasteiger partial charge is 0.383 e. The van der Waals surface area contributed by atoms with Gasteiger partial charge in [-0.15, -0.1) is 5.10 Å². The highest BCUT2D eigenvalue weighted by Gasteiger charge is 2.11. The molecule has 0 unspecified atom stereocenters. The predicted molar refractivity (Wildman–Crippen MR) is 56.0 cm³/mol. The van der Waals surface area contributed by atoms with Crippen molar-refractivity contribution in [2.75, 3.05) is 5.73 Å². The summed E-state index contributed by atoms with van der Waals surface area (Å²) in [6.45, 7) is 1.87. The van der Waals surface area contributed by atoms with Crippen LogP contribution in [0.3, 0.4) is 0 Å². The number of halogens is 1. The summed E-state index contributed by atoms with van der Waals surface area (Å²) in [5.74, 6) is 1.14. The molecule has 2 rings (SSSR count). The summed E-state index contributed by atoms with van der Waals surface area (Å²) in [7, 11) is 0. The molecule has 0 saturated heterocycles. The van der Waals surface area contributed by atoms with Crippen LogP contribution in [0.5, 0.6) is 0 Å². The van der Waals surface area contributed by atoms with E-state index < -0.39 is 0 Å². The normalized spacial score (nSPS) is 10.4. The van der Waals surface area contributed by atoms with Crippen LogP contribution in [-0.4, -0.2) is 20.0 Å². The van der Waals surface area contributed by atoms with E-state index in [9.17, 15) is 0 Å². The molecule has 0 aliphatic rings. The average Bonchev–Trinajstić information content (AvgIpc) is 2.47. The number of aromatic nitrogens is 4. The molecule has 0 atom stereocenters. The predicted octanol–water partition coefficient (Wildman–Crippen LogP) is 1.32. The van der Waals surface area contributed by atoms with Crippen molar-refractivity contribution in [3.05, 3.63) is 28.5 Å². The molecule has 0 aliphatic heterocycles. The smallest absolute Gasteiger partial charge is 0.178 e. The van der Waals surface area contributed by atoms with Gasteiger partial charge in [0.2, 0.25) is 0 Å². The van der Waals surface area contributed by atoms with E-state index >= 15 is 0 Å². The lowest BCUT2D eigenvalue weighted by atomic mass is 10.5. The molecule has 72 valence electrons. The van der Waals surface area contributed by atoms with Crippen LogP contribution in [0, 0.1) is 6.92 Å². The number of hydrogen-bond acceptors (Lipinski definition) is 4. The minimum Gasteiger partial charge on any atom is -0.383 e. The van der Waals surface area contributed by atoms with Crippen molar-refractivity contribution in [1.29, 1.82) is 0 Å². The van der Waals surface area contributed by atoms with Crippen LogP contribution in [0.25, 0.3) is 5.82 Å². The highest BCUT2D eigenvalue weighted by molar-refractivity contribution is 9.10. The number of nitrogen functional groups attached to an aromatic ring is 1. The second kappa shape index (κ2) is 3.38. The number of nitrogens with zero attached hydrogens (tertiary/aromatic N) is 4. The molecule has 0 saturated carbocycles. The van der Waals surface area contributed by atoms with Crippen LogP contribution in [0.1, 0.15) is 5.69 Å². The lowest BCUT2D eigenvalue weighted by molar-refractivity contribution is 0.811. The molecular weight excluding hydrogens is 246 g/mol. The third-order valence-electron chi connectivity index (χ3n) is 1.80. The molecule has 2 N–H and O–H groups in total. The zero-order valence-electron chi connectivity index (χ0n) is 7.48. The number of aryl methyl sites for hydroxylation is 1. The Kier molecular flexibility index (Phi) is 2.20. The monoisotopic (exact) mass is 253 g/mol. The average molecular weight is 254 g/mol. The summed E-state index contributed by atoms with van der Waals surface area (Å²) >= 11 is 3.34. The van der Waals surface area contributed by atoms with Crippen LogP contribution in [0.4, 0.5) is 5.82 Å². The summed E-state index contributed by atoms with van der Waals surface area (Å²) in [6.07, 6.45) is 1.60. The van der Waals surface area contributed by atoms with Gasteiger partial charge in [-0.05, 0) is 35.0 Å². The molecule has 0 bridgehead atoms. The van der Waals surface area contributed by atoms with Gasteiger partial charge < -0.3 is 5.73 Å². The fourth-order valence-electron chi connectivity index (χ4n) is 1.11. The molecule has 6 heteroatoms. The zero-order valence-corrected chi connectivity index (χ0v) is 9.06. The maximum absolute atomic E-state index is 5.82. The zero-order chi connectivity index (χ0) is 10.1. The summed E-state index contributed by atoms with van der Waals surface area (Å²) in [5.41, 5.74) is 6.65. The Bertz CT molecular complexity index is 450. The van der Waals surface area contributed by atoms with Gasteiger partial charge in [-0.3, -0.25) is 0 Å². The molecule has 2 heterocycles. The second-order valence-electron chi connectivity index (χ2n) is 2.78. The summed E-state index contributed by atoms with van der Waals surface area (Å²) in [4.78, 5) is 0. The lowest BCUT2D eigenvalue weighted by Gasteiger charge is -2.00. The first-order valence-corrected chi connectivity index (χ1v) is 4.78. The van der Waals surface area contributed by atoms with Crippen molar-refractivity contribution in [3.8, 4) is 5.82 Å². The van der Waals surface area contributed by atoms with E-state index in [1.807, 2.05) is 6.92 Å². The maximum Gasteiger partial charge on any atom is 0.178 e. The molecule has 5 nitrogen and oxygen atoms in total. The number of nitrogens with two attached hydrogens (primary N) is 1. The summed E-state index contributed by atoms with van der Waals surface area (Å²) in [5, 5.41) is 11.9. The van der Waals surface area contributed by atoms with Crippen molar-refractivity contribution in [2.45, 2.75) is 6.92 Å². The van der Waals surface area contributed by atoms with E-state index in [-0.39, 0.29) is 0 Å². The van der Waals surface area contributed by atoms with Crippen LogP contribution in [0.2, 0.25) is 0 Å². The van der Waals surface area contributed by atoms with Crippen LogP contribution in [-0.2, 0) is 0 Å². The Labute approximate surface area is 89.1 Å². The number of rotatable bonds is 1. The topological polar surface area (TPSA) is 69.6 Å². The van der Waals surface area contributed by atoms with Gasteiger partial charge in [0.1, 0.15) is 5.82 Å². The Morgan fingerprint density at radius 2 is 2.29 bits per heavy atom. The highest BCUT2D eigenvalue weighted by Crippen LogP contribution is 2.24. The van der Waals surface area contributed by atoms with Crippen molar-refractivity contribution >= 4 is 21.7 Å². The van der Waals surface area contributed by atoms with Gasteiger partial charge in [-0.2, -0.15) is 14.9 Å². The van der Waals surface area contributed by atoms with E-state index in [0.717, 1.165) is 10.2 Å². The van der Waals surface area contributed by atoms with Gasteiger partial charge in [-0.25, -0.2) is 0 Å². The van der Waals surface area contributed by atoms with Crippen molar-refractivity contribution in [3.63, 3.8) is 0 Å². The minimum atomic E-state index is 0.531. The molecule has 0 fully saturated rings. The second-order valence-corrected chi connectivity index (χ2v) is 3.57. The first kappa shape index (κ1) is 9.14. The van der Waals surface area contributed by atoms with E-state index in [2.05, 4.69) is 31.2 Å². The lowest BCUT2D eigenvalue weighted by Crippen LogP contribution is -2.04. The Hall–Kier alpha value is -1.43. The summed E-state index contributed by atoms with van der Waals surface area (Å²) in [6, 6.07) is 3.58. The van der Waals surface area contributed by atoms with Gasteiger partial charge in [0.05, 0.1) is 10.2 Å². The van der Waals surface area contributed by atoms with Crippen molar-refractivity contribution in [1.82, 2.24) is 20.0 Å². The Morgan fingerprint density at radius 3 is 2.79 bits per heavy atom. The van der Waals surface area contributed by atoms with E-state index in [1.54, 1.807) is 23.0 Å². The standard InChI is InChI=1S/C8H8BrN5/c1-5-7(9)8(10)14(13-5)6-3-2-4-11-12-6/h2-4H,10H2,1H3. The van der Waals surface area contributed by atoms with E-state index in [1.165, 1.54) is 0 Å². The third-order valence-corrected chi connectivity index (χ3v) is 2.78. The molecule has 2 aromatic heterocycles. The molecule has 2 aromatic rings. The van der Waals surface area contributed by atoms with Crippen molar-refractivity contribution < 1.29 is 0 Å². The molecule has 0 aliphatic carbocycles. The number of hydrogen-bond donors (Lipinski definition) is 1. The molecule has 0 aromatic carbocycles. The van der Waals surface area contributed by atoms with E-state index in [0.29, 0.717) is 11.6 Å². The molecule has 0 amide bonds. The highest BCUT2D eigenvalue weighted by atomic mass is 79.9. The van der Waals surface area contributed by atoms with Crippen LogP contribution >= 0.6 is 15.9 Å². The van der Waals surface area contributed by atoms with Crippen molar-refractivity contribution in [2.24, 2.45) is 0 Å². The minimum absolute atomic E-state index is 0.531. The van der Waals surface area contributed by atoms with Gasteiger partial charge in [0, 0.05) is 6.20 Å². The first-order chi connectivity index (χ1) is 6.70. The first-order valence-electron chi connectivity index (χ1n) is 3.99. The fourth-order valence-corrected chi connectivity index (χ4v) is 1.35. The third kappa shape index (κ3) is 1.37. The molecule has 14 heavy (non-hydrogen) atoms. The quantitative estimate of drug-likeness (QED) is 0.833. The SMILES string of the molecule is Cc1nn(-c2cccnn2)c(N)c1Br. The van der Waals surface area contributed by atoms with Gasteiger partial charge >= 0.3 is 0 Å².